The van der Waals surface area contributed by atoms with Crippen molar-refractivity contribution in [1.82, 2.24) is 15.1 Å². The quantitative estimate of drug-likeness (QED) is 0.518. The SMILES string of the molecule is CCOCCCN(CC(=O)N(Cc1ccccc1)Cc1cccs1)C(=O)NC(C)(C)C. The average molecular weight is 446 g/mol. The summed E-state index contributed by atoms with van der Waals surface area (Å²) < 4.78 is 5.41. The van der Waals surface area contributed by atoms with Crippen LogP contribution in [-0.2, 0) is 22.6 Å². The Morgan fingerprint density at radius 3 is 2.39 bits per heavy atom. The lowest BCUT2D eigenvalue weighted by molar-refractivity contribution is -0.133. The third kappa shape index (κ3) is 9.53. The molecule has 1 aromatic heterocycles. The Morgan fingerprint density at radius 1 is 1.03 bits per heavy atom. The standard InChI is InChI=1S/C24H35N3O3S/c1-5-30-15-10-14-26(23(29)25-24(2,3)4)19-22(28)27(18-21-13-9-16-31-21)17-20-11-7-6-8-12-20/h6-9,11-13,16H,5,10,14-15,17-19H2,1-4H3,(H,25,29). The molecule has 1 heterocycles. The van der Waals surface area contributed by atoms with Crippen molar-refractivity contribution in [2.24, 2.45) is 0 Å². The predicted molar refractivity (Wildman–Crippen MR) is 126 cm³/mol. The lowest BCUT2D eigenvalue weighted by Crippen LogP contribution is -2.51. The third-order valence-corrected chi connectivity index (χ3v) is 5.37. The number of carbonyl (C=O) groups is 2. The summed E-state index contributed by atoms with van der Waals surface area (Å²) in [5, 5.41) is 4.99. The monoisotopic (exact) mass is 445 g/mol. The van der Waals surface area contributed by atoms with E-state index in [0.29, 0.717) is 39.3 Å². The average Bonchev–Trinajstić information content (AvgIpc) is 3.22. The number of nitrogens with zero attached hydrogens (tertiary/aromatic N) is 2. The van der Waals surface area contributed by atoms with Gasteiger partial charge in [-0.3, -0.25) is 4.79 Å². The zero-order valence-corrected chi connectivity index (χ0v) is 19.9. The van der Waals surface area contributed by atoms with Crippen LogP contribution in [0, 0.1) is 0 Å². The number of rotatable bonds is 11. The molecule has 0 saturated heterocycles. The van der Waals surface area contributed by atoms with Crippen molar-refractivity contribution < 1.29 is 14.3 Å². The van der Waals surface area contributed by atoms with Crippen molar-refractivity contribution in [3.8, 4) is 0 Å². The van der Waals surface area contributed by atoms with Gasteiger partial charge in [-0.25, -0.2) is 4.79 Å². The second-order valence-electron chi connectivity index (χ2n) is 8.47. The molecule has 7 heteroatoms. The zero-order chi connectivity index (χ0) is 22.7. The second kappa shape index (κ2) is 12.5. The first-order valence-electron chi connectivity index (χ1n) is 10.8. The number of hydrogen-bond acceptors (Lipinski definition) is 4. The molecule has 0 saturated carbocycles. The molecular formula is C24H35N3O3S. The van der Waals surface area contributed by atoms with E-state index in [4.69, 9.17) is 4.74 Å². The maximum absolute atomic E-state index is 13.3. The van der Waals surface area contributed by atoms with Gasteiger partial charge in [0.2, 0.25) is 5.91 Å². The molecule has 0 aliphatic rings. The minimum absolute atomic E-state index is 0.0340. The van der Waals surface area contributed by atoms with E-state index in [1.54, 1.807) is 16.2 Å². The molecule has 0 aliphatic carbocycles. The Labute approximate surface area is 190 Å². The van der Waals surface area contributed by atoms with E-state index in [2.05, 4.69) is 5.32 Å². The summed E-state index contributed by atoms with van der Waals surface area (Å²) in [6, 6.07) is 13.7. The maximum atomic E-state index is 13.3. The van der Waals surface area contributed by atoms with Gasteiger partial charge in [-0.2, -0.15) is 0 Å². The number of carbonyl (C=O) groups excluding carboxylic acids is 2. The van der Waals surface area contributed by atoms with Crippen LogP contribution in [0.5, 0.6) is 0 Å². The van der Waals surface area contributed by atoms with Crippen LogP contribution in [0.15, 0.2) is 47.8 Å². The summed E-state index contributed by atoms with van der Waals surface area (Å²) in [6.07, 6.45) is 0.683. The lowest BCUT2D eigenvalue weighted by Gasteiger charge is -2.30. The van der Waals surface area contributed by atoms with Crippen molar-refractivity contribution in [1.29, 1.82) is 0 Å². The normalized spacial score (nSPS) is 11.2. The van der Waals surface area contributed by atoms with Gasteiger partial charge in [0.15, 0.2) is 0 Å². The Morgan fingerprint density at radius 2 is 1.77 bits per heavy atom. The highest BCUT2D eigenvalue weighted by Crippen LogP contribution is 2.15. The summed E-state index contributed by atoms with van der Waals surface area (Å²) in [7, 11) is 0. The van der Waals surface area contributed by atoms with Gasteiger partial charge in [-0.1, -0.05) is 36.4 Å². The number of nitrogens with one attached hydrogen (secondary N) is 1. The number of amides is 3. The van der Waals surface area contributed by atoms with Crippen LogP contribution < -0.4 is 5.32 Å². The molecule has 2 aromatic rings. The Kier molecular flexibility index (Phi) is 10.0. The Balaban J connectivity index is 2.12. The summed E-state index contributed by atoms with van der Waals surface area (Å²) >= 11 is 1.63. The van der Waals surface area contributed by atoms with Gasteiger partial charge >= 0.3 is 6.03 Å². The minimum Gasteiger partial charge on any atom is -0.382 e. The van der Waals surface area contributed by atoms with Crippen molar-refractivity contribution in [3.05, 3.63) is 58.3 Å². The molecule has 0 spiro atoms. The molecule has 0 fully saturated rings. The van der Waals surface area contributed by atoms with E-state index in [1.807, 2.05) is 80.4 Å². The highest BCUT2D eigenvalue weighted by atomic mass is 32.1. The van der Waals surface area contributed by atoms with Gasteiger partial charge in [-0.15, -0.1) is 11.3 Å². The summed E-state index contributed by atoms with van der Waals surface area (Å²) in [5.74, 6) is -0.0716. The largest absolute Gasteiger partial charge is 0.382 e. The number of thiophene rings is 1. The fourth-order valence-electron chi connectivity index (χ4n) is 3.04. The van der Waals surface area contributed by atoms with Crippen molar-refractivity contribution >= 4 is 23.3 Å². The minimum atomic E-state index is -0.376. The first-order chi connectivity index (χ1) is 14.8. The van der Waals surface area contributed by atoms with Crippen LogP contribution in [0.25, 0.3) is 0 Å². The van der Waals surface area contributed by atoms with E-state index in [0.717, 1.165) is 10.4 Å². The van der Waals surface area contributed by atoms with E-state index in [-0.39, 0.29) is 24.0 Å². The molecule has 0 radical (unpaired) electrons. The maximum Gasteiger partial charge on any atom is 0.318 e. The zero-order valence-electron chi connectivity index (χ0n) is 19.1. The molecular weight excluding hydrogens is 410 g/mol. The number of ether oxygens (including phenoxy) is 1. The fourth-order valence-corrected chi connectivity index (χ4v) is 3.76. The Hall–Kier alpha value is -2.38. The molecule has 0 unspecified atom stereocenters. The van der Waals surface area contributed by atoms with Crippen molar-refractivity contribution in [3.63, 3.8) is 0 Å². The van der Waals surface area contributed by atoms with Crippen LogP contribution in [-0.4, -0.2) is 53.6 Å². The van der Waals surface area contributed by atoms with Gasteiger partial charge in [0.1, 0.15) is 6.54 Å². The third-order valence-electron chi connectivity index (χ3n) is 4.51. The van der Waals surface area contributed by atoms with Crippen LogP contribution in [0.4, 0.5) is 4.79 Å². The predicted octanol–water partition coefficient (Wildman–Crippen LogP) is 4.51. The number of benzene rings is 1. The topological polar surface area (TPSA) is 61.9 Å². The molecule has 1 aromatic carbocycles. The van der Waals surface area contributed by atoms with Crippen molar-refractivity contribution in [2.45, 2.75) is 52.7 Å². The first kappa shape index (κ1) is 24.9. The highest BCUT2D eigenvalue weighted by molar-refractivity contribution is 7.09. The van der Waals surface area contributed by atoms with E-state index >= 15 is 0 Å². The van der Waals surface area contributed by atoms with Crippen LogP contribution in [0.3, 0.4) is 0 Å². The molecule has 170 valence electrons. The van der Waals surface area contributed by atoms with E-state index < -0.39 is 0 Å². The fraction of sp³-hybridized carbons (Fsp3) is 0.500. The molecule has 6 nitrogen and oxygen atoms in total. The molecule has 2 rings (SSSR count). The van der Waals surface area contributed by atoms with E-state index in [9.17, 15) is 9.59 Å². The molecule has 3 amide bonds. The first-order valence-corrected chi connectivity index (χ1v) is 11.7. The smallest absolute Gasteiger partial charge is 0.318 e. The number of hydrogen-bond donors (Lipinski definition) is 1. The summed E-state index contributed by atoms with van der Waals surface area (Å²) in [4.78, 5) is 30.7. The summed E-state index contributed by atoms with van der Waals surface area (Å²) in [5.41, 5.74) is 0.688. The van der Waals surface area contributed by atoms with Gasteiger partial charge in [0, 0.05) is 36.7 Å². The highest BCUT2D eigenvalue weighted by Gasteiger charge is 2.24. The molecule has 31 heavy (non-hydrogen) atoms. The molecule has 0 atom stereocenters. The van der Waals surface area contributed by atoms with Gasteiger partial charge < -0.3 is 19.9 Å². The van der Waals surface area contributed by atoms with Gasteiger partial charge in [0.05, 0.1) is 6.54 Å². The summed E-state index contributed by atoms with van der Waals surface area (Å²) in [6.45, 7) is 10.5. The van der Waals surface area contributed by atoms with Crippen LogP contribution in [0.2, 0.25) is 0 Å². The second-order valence-corrected chi connectivity index (χ2v) is 9.50. The molecule has 0 bridgehead atoms. The van der Waals surface area contributed by atoms with Gasteiger partial charge in [-0.05, 0) is 51.1 Å². The molecule has 0 aliphatic heterocycles. The number of urea groups is 1. The van der Waals surface area contributed by atoms with Crippen LogP contribution >= 0.6 is 11.3 Å². The van der Waals surface area contributed by atoms with Crippen LogP contribution in [0.1, 0.15) is 44.6 Å². The molecule has 1 N–H and O–H groups in total. The van der Waals surface area contributed by atoms with Gasteiger partial charge in [0.25, 0.3) is 0 Å². The lowest BCUT2D eigenvalue weighted by atomic mass is 10.1. The van der Waals surface area contributed by atoms with E-state index in [1.165, 1.54) is 0 Å². The van der Waals surface area contributed by atoms with Crippen molar-refractivity contribution in [2.75, 3.05) is 26.3 Å². The Bertz CT molecular complexity index is 788.